The molecule has 1 atom stereocenters. The standard InChI is InChI=1S/C44H50N2P2/c47-44(42-23-30-16-31(24-42)18-32(17-30)25-42,43-26-33-19-34(27-43)21-35(20-33)28-43)39-13-12-37(36-8-2-1-3-9-36)22-38(39)29-48(40-10-4-6-14-45-40)41-11-5-7-15-46-41/h1-15,22,30-35H,16-21,23-29,47H2. The van der Waals surface area contributed by atoms with Gasteiger partial charge in [0.1, 0.15) is 0 Å². The van der Waals surface area contributed by atoms with Crippen LogP contribution < -0.4 is 10.9 Å². The number of hydrogen-bond acceptors (Lipinski definition) is 2. The van der Waals surface area contributed by atoms with Gasteiger partial charge >= 0.3 is 0 Å². The highest BCUT2D eigenvalue weighted by molar-refractivity contribution is 7.71. The second kappa shape index (κ2) is 11.6. The largest absolute Gasteiger partial charge is 0.256 e. The van der Waals surface area contributed by atoms with Gasteiger partial charge < -0.3 is 0 Å². The summed E-state index contributed by atoms with van der Waals surface area (Å²) in [6.07, 6.45) is 22.7. The lowest BCUT2D eigenvalue weighted by molar-refractivity contribution is -0.158. The van der Waals surface area contributed by atoms with Crippen LogP contribution in [0.3, 0.4) is 0 Å². The Morgan fingerprint density at radius 3 is 1.46 bits per heavy atom. The average molecular weight is 669 g/mol. The number of pyridine rings is 2. The van der Waals surface area contributed by atoms with Gasteiger partial charge in [-0.3, -0.25) is 9.97 Å². The van der Waals surface area contributed by atoms with Gasteiger partial charge in [0.05, 0.1) is 10.9 Å². The molecule has 0 saturated heterocycles. The first-order chi connectivity index (χ1) is 23.5. The van der Waals surface area contributed by atoms with E-state index in [-0.39, 0.29) is 5.16 Å². The molecule has 0 radical (unpaired) electrons. The third kappa shape index (κ3) is 4.78. The molecule has 8 fully saturated rings. The van der Waals surface area contributed by atoms with Crippen LogP contribution in [0.1, 0.15) is 88.2 Å². The van der Waals surface area contributed by atoms with Crippen molar-refractivity contribution in [1.29, 1.82) is 0 Å². The van der Waals surface area contributed by atoms with Crippen LogP contribution in [0.15, 0.2) is 97.3 Å². The third-order valence-corrected chi connectivity index (χ3v) is 18.4. The smallest absolute Gasteiger partial charge is 0.0695 e. The van der Waals surface area contributed by atoms with Crippen LogP contribution in [0.5, 0.6) is 0 Å². The van der Waals surface area contributed by atoms with Crippen molar-refractivity contribution in [3.63, 3.8) is 0 Å². The van der Waals surface area contributed by atoms with Gasteiger partial charge in [0.2, 0.25) is 0 Å². The summed E-state index contributed by atoms with van der Waals surface area (Å²) in [6, 6.07) is 31.9. The van der Waals surface area contributed by atoms with Crippen LogP contribution in [-0.4, -0.2) is 9.97 Å². The molecule has 8 saturated carbocycles. The quantitative estimate of drug-likeness (QED) is 0.175. The zero-order valence-electron chi connectivity index (χ0n) is 28.3. The van der Waals surface area contributed by atoms with E-state index in [1.165, 1.54) is 99.0 Å². The molecular formula is C44H50N2P2. The van der Waals surface area contributed by atoms with Gasteiger partial charge in [-0.05, 0) is 170 Å². The summed E-state index contributed by atoms with van der Waals surface area (Å²) in [5.74, 6) is 5.65. The van der Waals surface area contributed by atoms with E-state index in [0.29, 0.717) is 10.8 Å². The SMILES string of the molecule is PC(c1ccc(-c2ccccc2)cc1CP(c1ccccn1)c1ccccn1)(C12CC3CC(CC(C3)C1)C2)C12CC3CC(CC(C3)C1)C2. The van der Waals surface area contributed by atoms with E-state index in [2.05, 4.69) is 94.2 Å². The molecule has 0 amide bonds. The summed E-state index contributed by atoms with van der Waals surface area (Å²) in [5.41, 5.74) is 9.11. The predicted molar refractivity (Wildman–Crippen MR) is 203 cm³/mol. The zero-order chi connectivity index (χ0) is 31.9. The van der Waals surface area contributed by atoms with Crippen molar-refractivity contribution in [3.8, 4) is 11.1 Å². The molecule has 4 heteroatoms. The Balaban J connectivity index is 1.19. The van der Waals surface area contributed by atoms with E-state index in [1.807, 2.05) is 12.4 Å². The van der Waals surface area contributed by atoms with E-state index >= 15 is 0 Å². The van der Waals surface area contributed by atoms with Crippen LogP contribution in [0.4, 0.5) is 0 Å². The summed E-state index contributed by atoms with van der Waals surface area (Å²) in [6.45, 7) is 0. The molecular weight excluding hydrogens is 618 g/mol. The molecule has 246 valence electrons. The van der Waals surface area contributed by atoms with Crippen molar-refractivity contribution in [2.24, 2.45) is 46.3 Å². The molecule has 8 aliphatic carbocycles. The summed E-state index contributed by atoms with van der Waals surface area (Å²) in [5, 5.41) is 0.103. The lowest BCUT2D eigenvalue weighted by Crippen LogP contribution is -2.64. The summed E-state index contributed by atoms with van der Waals surface area (Å²) in [4.78, 5) is 10.0. The van der Waals surface area contributed by atoms with E-state index in [0.717, 1.165) is 41.7 Å². The highest BCUT2D eigenvalue weighted by Gasteiger charge is 2.69. The molecule has 8 aliphatic rings. The van der Waals surface area contributed by atoms with Crippen molar-refractivity contribution in [3.05, 3.63) is 108 Å². The normalized spacial score (nSPS) is 35.6. The number of nitrogens with zero attached hydrogens (tertiary/aromatic N) is 2. The molecule has 2 nitrogen and oxygen atoms in total. The minimum atomic E-state index is -0.770. The van der Waals surface area contributed by atoms with Gasteiger partial charge in [-0.25, -0.2) is 0 Å². The minimum Gasteiger partial charge on any atom is -0.256 e. The van der Waals surface area contributed by atoms with Gasteiger partial charge in [-0.15, -0.1) is 9.24 Å². The fourth-order valence-electron chi connectivity index (χ4n) is 13.7. The molecule has 48 heavy (non-hydrogen) atoms. The Kier molecular flexibility index (Phi) is 7.33. The number of benzene rings is 2. The zero-order valence-corrected chi connectivity index (χ0v) is 30.4. The van der Waals surface area contributed by atoms with E-state index < -0.39 is 7.92 Å². The molecule has 1 unspecified atom stereocenters. The van der Waals surface area contributed by atoms with Gasteiger partial charge in [-0.1, -0.05) is 60.7 Å². The molecule has 4 aromatic rings. The maximum absolute atomic E-state index is 5.02. The Morgan fingerprint density at radius 1 is 0.562 bits per heavy atom. The van der Waals surface area contributed by atoms with Crippen LogP contribution in [0.2, 0.25) is 0 Å². The number of hydrogen-bond donors (Lipinski definition) is 0. The van der Waals surface area contributed by atoms with Crippen molar-refractivity contribution in [1.82, 2.24) is 9.97 Å². The lowest BCUT2D eigenvalue weighted by Gasteiger charge is -2.72. The first-order valence-electron chi connectivity index (χ1n) is 19.1. The van der Waals surface area contributed by atoms with Gasteiger partial charge in [0.25, 0.3) is 0 Å². The molecule has 0 aliphatic heterocycles. The van der Waals surface area contributed by atoms with E-state index in [9.17, 15) is 0 Å². The number of aromatic nitrogens is 2. The second-order valence-electron chi connectivity index (χ2n) is 17.4. The van der Waals surface area contributed by atoms with Crippen molar-refractivity contribution in [2.75, 3.05) is 0 Å². The summed E-state index contributed by atoms with van der Waals surface area (Å²) >= 11 is 0. The molecule has 2 aromatic carbocycles. The third-order valence-electron chi connectivity index (χ3n) is 14.6. The highest BCUT2D eigenvalue weighted by atomic mass is 31.1. The maximum Gasteiger partial charge on any atom is 0.0695 e. The Bertz CT molecular complexity index is 1630. The Morgan fingerprint density at radius 2 is 1.02 bits per heavy atom. The van der Waals surface area contributed by atoms with Crippen molar-refractivity contribution in [2.45, 2.75) is 88.4 Å². The highest BCUT2D eigenvalue weighted by Crippen LogP contribution is 2.78. The van der Waals surface area contributed by atoms with E-state index in [1.54, 1.807) is 11.1 Å². The molecule has 2 heterocycles. The van der Waals surface area contributed by atoms with Crippen LogP contribution in [-0.2, 0) is 11.3 Å². The van der Waals surface area contributed by atoms with Gasteiger partial charge in [0.15, 0.2) is 0 Å². The van der Waals surface area contributed by atoms with Gasteiger partial charge in [-0.2, -0.15) is 0 Å². The molecule has 12 rings (SSSR count). The summed E-state index contributed by atoms with van der Waals surface area (Å²) in [7, 11) is 3.09. The van der Waals surface area contributed by atoms with Crippen molar-refractivity contribution < 1.29 is 0 Å². The Labute approximate surface area is 291 Å². The van der Waals surface area contributed by atoms with Gasteiger partial charge in [0, 0.05) is 31.6 Å². The maximum atomic E-state index is 5.02. The van der Waals surface area contributed by atoms with Crippen LogP contribution in [0, 0.1) is 46.3 Å². The topological polar surface area (TPSA) is 25.8 Å². The molecule has 8 bridgehead atoms. The number of rotatable bonds is 8. The van der Waals surface area contributed by atoms with E-state index in [4.69, 9.17) is 9.97 Å². The molecule has 2 aromatic heterocycles. The fraction of sp³-hybridized carbons (Fsp3) is 0.500. The minimum absolute atomic E-state index is 0.103. The molecule has 0 N–H and O–H groups in total. The lowest BCUT2D eigenvalue weighted by atomic mass is 9.37. The second-order valence-corrected chi connectivity index (χ2v) is 20.4. The van der Waals surface area contributed by atoms with Crippen LogP contribution in [0.25, 0.3) is 11.1 Å². The molecule has 0 spiro atoms. The van der Waals surface area contributed by atoms with Crippen molar-refractivity contribution >= 4 is 28.0 Å². The average Bonchev–Trinajstić information content (AvgIpc) is 3.10. The van der Waals surface area contributed by atoms with Crippen LogP contribution >= 0.6 is 17.2 Å². The monoisotopic (exact) mass is 668 g/mol. The first-order valence-corrected chi connectivity index (χ1v) is 21.2. The first kappa shape index (κ1) is 30.4. The summed E-state index contributed by atoms with van der Waals surface area (Å²) < 4.78 is 0. The Hall–Kier alpha value is -2.40. The fourth-order valence-corrected chi connectivity index (χ4v) is 16.8. The predicted octanol–water partition coefficient (Wildman–Crippen LogP) is 10.3.